The molecule has 0 bridgehead atoms. The second kappa shape index (κ2) is 5.56. The van der Waals surface area contributed by atoms with Gasteiger partial charge < -0.3 is 9.84 Å². The zero-order valence-corrected chi connectivity index (χ0v) is 13.1. The molecule has 0 spiro atoms. The number of hydrogen-bond acceptors (Lipinski definition) is 2. The summed E-state index contributed by atoms with van der Waals surface area (Å²) in [6.45, 7) is 6.13. The summed E-state index contributed by atoms with van der Waals surface area (Å²) in [6.07, 6.45) is -5.36. The Kier molecular flexibility index (Phi) is 4.81. The normalized spacial score (nSPS) is 15.8. The third-order valence-electron chi connectivity index (χ3n) is 3.15. The van der Waals surface area contributed by atoms with Gasteiger partial charge in [-0.3, -0.25) is 0 Å². The first-order valence-corrected chi connectivity index (χ1v) is 6.68. The highest BCUT2D eigenvalue weighted by molar-refractivity contribution is 9.10. The van der Waals surface area contributed by atoms with Crippen LogP contribution in [-0.2, 0) is 5.41 Å². The van der Waals surface area contributed by atoms with Crippen LogP contribution in [0.5, 0.6) is 5.75 Å². The molecule has 20 heavy (non-hydrogen) atoms. The van der Waals surface area contributed by atoms with Crippen molar-refractivity contribution < 1.29 is 23.0 Å². The SMILES string of the molecule is [CH2]C(O)(CC(C)(C)c1cc(Br)ccc1OC)C(F)(F)F. The molecule has 1 rings (SSSR count). The van der Waals surface area contributed by atoms with Crippen molar-refractivity contribution in [3.05, 3.63) is 35.2 Å². The van der Waals surface area contributed by atoms with Gasteiger partial charge in [0.2, 0.25) is 0 Å². The van der Waals surface area contributed by atoms with Gasteiger partial charge in [0.1, 0.15) is 5.75 Å². The second-order valence-corrected chi connectivity index (χ2v) is 6.35. The molecule has 0 aliphatic heterocycles. The highest BCUT2D eigenvalue weighted by atomic mass is 79.9. The molecule has 0 aliphatic rings. The second-order valence-electron chi connectivity index (χ2n) is 5.43. The van der Waals surface area contributed by atoms with Crippen LogP contribution in [0.2, 0.25) is 0 Å². The maximum atomic E-state index is 12.8. The molecule has 0 aliphatic carbocycles. The minimum Gasteiger partial charge on any atom is -0.496 e. The summed E-state index contributed by atoms with van der Waals surface area (Å²) >= 11 is 3.28. The fourth-order valence-electron chi connectivity index (χ4n) is 2.14. The van der Waals surface area contributed by atoms with Crippen LogP contribution in [-0.4, -0.2) is 24.0 Å². The lowest BCUT2D eigenvalue weighted by molar-refractivity contribution is -0.247. The van der Waals surface area contributed by atoms with Gasteiger partial charge in [-0.1, -0.05) is 29.8 Å². The minimum absolute atomic E-state index is 0.469. The van der Waals surface area contributed by atoms with E-state index in [-0.39, 0.29) is 0 Å². The Morgan fingerprint density at radius 3 is 2.30 bits per heavy atom. The molecule has 1 aromatic rings. The number of aliphatic hydroxyl groups is 1. The number of hydrogen-bond donors (Lipinski definition) is 1. The van der Waals surface area contributed by atoms with Crippen LogP contribution in [0, 0.1) is 6.92 Å². The minimum atomic E-state index is -4.79. The molecule has 0 saturated heterocycles. The number of alkyl halides is 3. The van der Waals surface area contributed by atoms with Crippen LogP contribution in [0.15, 0.2) is 22.7 Å². The van der Waals surface area contributed by atoms with Crippen molar-refractivity contribution in [1.82, 2.24) is 0 Å². The monoisotopic (exact) mass is 353 g/mol. The van der Waals surface area contributed by atoms with E-state index in [0.717, 1.165) is 4.47 Å². The van der Waals surface area contributed by atoms with Crippen molar-refractivity contribution in [3.8, 4) is 5.75 Å². The molecule has 0 heterocycles. The van der Waals surface area contributed by atoms with Gasteiger partial charge in [0, 0.05) is 10.0 Å². The van der Waals surface area contributed by atoms with Crippen LogP contribution in [0.3, 0.4) is 0 Å². The Hall–Kier alpha value is -0.750. The third-order valence-corrected chi connectivity index (χ3v) is 3.65. The van der Waals surface area contributed by atoms with Gasteiger partial charge in [0.25, 0.3) is 0 Å². The number of benzene rings is 1. The Balaban J connectivity index is 3.20. The lowest BCUT2D eigenvalue weighted by Crippen LogP contribution is -2.46. The van der Waals surface area contributed by atoms with Crippen molar-refractivity contribution >= 4 is 15.9 Å². The molecule has 1 aromatic carbocycles. The molecule has 0 saturated carbocycles. The molecule has 2 nitrogen and oxygen atoms in total. The summed E-state index contributed by atoms with van der Waals surface area (Å²) in [6, 6.07) is 5.08. The maximum Gasteiger partial charge on any atom is 0.417 e. The zero-order chi connectivity index (χ0) is 15.8. The van der Waals surface area contributed by atoms with E-state index in [1.807, 2.05) is 0 Å². The number of rotatable bonds is 4. The molecule has 113 valence electrons. The molecule has 1 N–H and O–H groups in total. The highest BCUT2D eigenvalue weighted by Gasteiger charge is 2.52. The first kappa shape index (κ1) is 17.3. The quantitative estimate of drug-likeness (QED) is 0.876. The molecular formula is C14H17BrF3O2. The third kappa shape index (κ3) is 3.67. The summed E-state index contributed by atoms with van der Waals surface area (Å²) in [5.41, 5.74) is -3.41. The van der Waals surface area contributed by atoms with E-state index in [1.165, 1.54) is 7.11 Å². The van der Waals surface area contributed by atoms with E-state index in [9.17, 15) is 18.3 Å². The van der Waals surface area contributed by atoms with Crippen LogP contribution in [0.1, 0.15) is 25.8 Å². The van der Waals surface area contributed by atoms with E-state index in [4.69, 9.17) is 4.74 Å². The summed E-state index contributed by atoms with van der Waals surface area (Å²) in [4.78, 5) is 0. The standard InChI is InChI=1S/C14H17BrF3O2/c1-12(2,8-13(3,19)14(16,17)18)10-7-9(15)5-6-11(10)20-4/h5-7,19H,3,8H2,1-2,4H3. The first-order valence-electron chi connectivity index (χ1n) is 5.89. The molecule has 1 radical (unpaired) electrons. The Morgan fingerprint density at radius 1 is 1.30 bits per heavy atom. The molecule has 0 amide bonds. The average Bonchev–Trinajstić information content (AvgIpc) is 2.26. The molecule has 0 aromatic heterocycles. The predicted octanol–water partition coefficient (Wildman–Crippen LogP) is 4.25. The Bertz CT molecular complexity index is 482. The lowest BCUT2D eigenvalue weighted by Gasteiger charge is -2.36. The van der Waals surface area contributed by atoms with E-state index < -0.39 is 23.6 Å². The van der Waals surface area contributed by atoms with Crippen molar-refractivity contribution in [3.63, 3.8) is 0 Å². The molecule has 1 unspecified atom stereocenters. The van der Waals surface area contributed by atoms with Gasteiger partial charge in [0.05, 0.1) is 7.11 Å². The van der Waals surface area contributed by atoms with Crippen molar-refractivity contribution in [1.29, 1.82) is 0 Å². The van der Waals surface area contributed by atoms with Crippen molar-refractivity contribution in [2.45, 2.75) is 37.5 Å². The van der Waals surface area contributed by atoms with Gasteiger partial charge in [-0.05, 0) is 37.0 Å². The number of methoxy groups -OCH3 is 1. The van der Waals surface area contributed by atoms with Gasteiger partial charge in [-0.15, -0.1) is 0 Å². The fourth-order valence-corrected chi connectivity index (χ4v) is 2.50. The van der Waals surface area contributed by atoms with Gasteiger partial charge in [-0.2, -0.15) is 13.2 Å². The zero-order valence-electron chi connectivity index (χ0n) is 11.5. The molecule has 0 fully saturated rings. The first-order chi connectivity index (χ1) is 8.90. The Labute approximate surface area is 125 Å². The van der Waals surface area contributed by atoms with Crippen molar-refractivity contribution in [2.75, 3.05) is 7.11 Å². The van der Waals surface area contributed by atoms with E-state index >= 15 is 0 Å². The van der Waals surface area contributed by atoms with Crippen LogP contribution in [0.25, 0.3) is 0 Å². The van der Waals surface area contributed by atoms with E-state index in [2.05, 4.69) is 22.9 Å². The number of ether oxygens (including phenoxy) is 1. The van der Waals surface area contributed by atoms with Crippen LogP contribution in [0.4, 0.5) is 13.2 Å². The molecule has 1 atom stereocenters. The molecule has 6 heteroatoms. The Morgan fingerprint density at radius 2 is 1.85 bits per heavy atom. The summed E-state index contributed by atoms with van der Waals surface area (Å²) in [5, 5.41) is 9.59. The smallest absolute Gasteiger partial charge is 0.417 e. The largest absolute Gasteiger partial charge is 0.496 e. The van der Waals surface area contributed by atoms with Crippen LogP contribution < -0.4 is 4.74 Å². The van der Waals surface area contributed by atoms with Gasteiger partial charge in [0.15, 0.2) is 5.60 Å². The topological polar surface area (TPSA) is 29.5 Å². The highest BCUT2D eigenvalue weighted by Crippen LogP contribution is 2.43. The van der Waals surface area contributed by atoms with Crippen LogP contribution >= 0.6 is 15.9 Å². The summed E-state index contributed by atoms with van der Waals surface area (Å²) < 4.78 is 44.3. The van der Waals surface area contributed by atoms with E-state index in [0.29, 0.717) is 11.3 Å². The average molecular weight is 354 g/mol. The van der Waals surface area contributed by atoms with Gasteiger partial charge in [-0.25, -0.2) is 0 Å². The maximum absolute atomic E-state index is 12.8. The summed E-state index contributed by atoms with van der Waals surface area (Å²) in [7, 11) is 1.45. The van der Waals surface area contributed by atoms with Gasteiger partial charge >= 0.3 is 6.18 Å². The summed E-state index contributed by atoms with van der Waals surface area (Å²) in [5.74, 6) is 0.469. The predicted molar refractivity (Wildman–Crippen MR) is 74.7 cm³/mol. The number of halogens is 4. The lowest BCUT2D eigenvalue weighted by atomic mass is 9.75. The van der Waals surface area contributed by atoms with Crippen molar-refractivity contribution in [2.24, 2.45) is 0 Å². The molecular weight excluding hydrogens is 337 g/mol. The van der Waals surface area contributed by atoms with E-state index in [1.54, 1.807) is 32.0 Å². The fraction of sp³-hybridized carbons (Fsp3) is 0.500.